The Morgan fingerprint density at radius 1 is 1.41 bits per heavy atom. The first-order chi connectivity index (χ1) is 8.08. The van der Waals surface area contributed by atoms with Crippen molar-refractivity contribution >= 4 is 5.69 Å². The minimum atomic E-state index is -0.397. The third-order valence-corrected chi connectivity index (χ3v) is 3.28. The molecule has 0 amide bonds. The van der Waals surface area contributed by atoms with Crippen molar-refractivity contribution in [1.29, 1.82) is 0 Å². The molecule has 3 rings (SSSR count). The molecule has 0 bridgehead atoms. The topological polar surface area (TPSA) is 64.9 Å². The Bertz CT molecular complexity index is 485. The molecule has 5 heteroatoms. The molecule has 2 aliphatic heterocycles. The second-order valence-electron chi connectivity index (χ2n) is 4.83. The van der Waals surface area contributed by atoms with Crippen LogP contribution in [0.5, 0.6) is 5.75 Å². The predicted molar refractivity (Wildman–Crippen MR) is 60.0 cm³/mol. The van der Waals surface area contributed by atoms with Crippen molar-refractivity contribution in [1.82, 2.24) is 0 Å². The van der Waals surface area contributed by atoms with Gasteiger partial charge in [0, 0.05) is 17.7 Å². The lowest BCUT2D eigenvalue weighted by molar-refractivity contribution is -0.385. The summed E-state index contributed by atoms with van der Waals surface area (Å²) in [6, 6.07) is 4.69. The van der Waals surface area contributed by atoms with E-state index in [1.807, 2.05) is 0 Å². The highest BCUT2D eigenvalue weighted by atomic mass is 16.6. The maximum atomic E-state index is 10.7. The molecule has 1 aromatic carbocycles. The highest BCUT2D eigenvalue weighted by molar-refractivity contribution is 5.48. The van der Waals surface area contributed by atoms with Gasteiger partial charge in [0.1, 0.15) is 24.1 Å². The Balaban J connectivity index is 1.97. The summed E-state index contributed by atoms with van der Waals surface area (Å²) >= 11 is 0. The summed E-state index contributed by atoms with van der Waals surface area (Å²) in [6.07, 6.45) is 0.0875. The molecule has 5 nitrogen and oxygen atoms in total. The zero-order valence-corrected chi connectivity index (χ0v) is 9.62. The Morgan fingerprint density at radius 3 is 2.82 bits per heavy atom. The number of hydrogen-bond acceptors (Lipinski definition) is 4. The van der Waals surface area contributed by atoms with E-state index in [0.717, 1.165) is 5.56 Å². The quantitative estimate of drug-likeness (QED) is 0.448. The average molecular weight is 235 g/mol. The second-order valence-corrected chi connectivity index (χ2v) is 4.83. The summed E-state index contributed by atoms with van der Waals surface area (Å²) in [5, 5.41) is 10.7. The van der Waals surface area contributed by atoms with Gasteiger partial charge in [0.2, 0.25) is 0 Å². The molecule has 0 spiro atoms. The number of rotatable bonds is 2. The molecule has 1 aromatic rings. The number of ether oxygens (including phenoxy) is 2. The first-order valence-corrected chi connectivity index (χ1v) is 5.68. The Labute approximate surface area is 98.5 Å². The first-order valence-electron chi connectivity index (χ1n) is 5.68. The standard InChI is InChI=1S/C12H13NO4/c1-6(2)10-12-11(17-12)8-5-7(13(14)15)3-4-9(8)16-10/h3-6,10-12H,1-2H3/t10-,11-,12+/m0/s1. The Hall–Kier alpha value is -1.62. The van der Waals surface area contributed by atoms with Crippen LogP contribution >= 0.6 is 0 Å². The van der Waals surface area contributed by atoms with Crippen LogP contribution in [-0.4, -0.2) is 17.1 Å². The van der Waals surface area contributed by atoms with Crippen molar-refractivity contribution in [3.05, 3.63) is 33.9 Å². The van der Waals surface area contributed by atoms with Crippen LogP contribution in [0.4, 0.5) is 5.69 Å². The van der Waals surface area contributed by atoms with Gasteiger partial charge in [0.25, 0.3) is 5.69 Å². The van der Waals surface area contributed by atoms with Gasteiger partial charge in [-0.05, 0) is 12.0 Å². The molecule has 0 unspecified atom stereocenters. The van der Waals surface area contributed by atoms with Crippen LogP contribution < -0.4 is 4.74 Å². The van der Waals surface area contributed by atoms with Crippen LogP contribution in [0.3, 0.4) is 0 Å². The number of nitro groups is 1. The molecule has 3 atom stereocenters. The van der Waals surface area contributed by atoms with Gasteiger partial charge in [-0.15, -0.1) is 0 Å². The number of nitrogens with zero attached hydrogens (tertiary/aromatic N) is 1. The van der Waals surface area contributed by atoms with E-state index in [9.17, 15) is 10.1 Å². The second kappa shape index (κ2) is 3.43. The molecule has 2 heterocycles. The third-order valence-electron chi connectivity index (χ3n) is 3.28. The molecule has 90 valence electrons. The molecule has 2 aliphatic rings. The summed E-state index contributed by atoms with van der Waals surface area (Å²) in [5.74, 6) is 1.08. The highest BCUT2D eigenvalue weighted by Gasteiger charge is 2.53. The fourth-order valence-corrected chi connectivity index (χ4v) is 2.33. The summed E-state index contributed by atoms with van der Waals surface area (Å²) in [6.45, 7) is 4.17. The number of fused-ring (bicyclic) bond motifs is 3. The van der Waals surface area contributed by atoms with Crippen LogP contribution in [0.1, 0.15) is 25.5 Å². The fraction of sp³-hybridized carbons (Fsp3) is 0.500. The van der Waals surface area contributed by atoms with Crippen molar-refractivity contribution < 1.29 is 14.4 Å². The van der Waals surface area contributed by atoms with Crippen LogP contribution in [0.15, 0.2) is 18.2 Å². The van der Waals surface area contributed by atoms with Gasteiger partial charge in [0.05, 0.1) is 4.92 Å². The molecule has 0 saturated carbocycles. The van der Waals surface area contributed by atoms with E-state index in [4.69, 9.17) is 9.47 Å². The molecule has 0 radical (unpaired) electrons. The molecule has 1 fully saturated rings. The average Bonchev–Trinajstić information content (AvgIpc) is 3.06. The maximum Gasteiger partial charge on any atom is 0.270 e. The van der Waals surface area contributed by atoms with E-state index >= 15 is 0 Å². The van der Waals surface area contributed by atoms with Gasteiger partial charge in [-0.2, -0.15) is 0 Å². The summed E-state index contributed by atoms with van der Waals surface area (Å²) in [4.78, 5) is 10.3. The van der Waals surface area contributed by atoms with E-state index in [2.05, 4.69) is 13.8 Å². The van der Waals surface area contributed by atoms with Gasteiger partial charge in [0.15, 0.2) is 0 Å². The molecule has 0 N–H and O–H groups in total. The minimum absolute atomic E-state index is 0.0222. The van der Waals surface area contributed by atoms with Crippen LogP contribution in [0.25, 0.3) is 0 Å². The molecule has 1 saturated heterocycles. The van der Waals surface area contributed by atoms with Crippen molar-refractivity contribution in [2.24, 2.45) is 5.92 Å². The lowest BCUT2D eigenvalue weighted by Gasteiger charge is -2.25. The van der Waals surface area contributed by atoms with E-state index in [1.54, 1.807) is 12.1 Å². The lowest BCUT2D eigenvalue weighted by atomic mass is 9.95. The summed E-state index contributed by atoms with van der Waals surface area (Å²) < 4.78 is 11.4. The Kier molecular flexibility index (Phi) is 2.13. The molecule has 0 aliphatic carbocycles. The van der Waals surface area contributed by atoms with Crippen LogP contribution in [0.2, 0.25) is 0 Å². The van der Waals surface area contributed by atoms with Gasteiger partial charge in [-0.3, -0.25) is 10.1 Å². The number of hydrogen-bond donors (Lipinski definition) is 0. The minimum Gasteiger partial charge on any atom is -0.487 e. The van der Waals surface area contributed by atoms with E-state index in [0.29, 0.717) is 11.7 Å². The lowest BCUT2D eigenvalue weighted by Crippen LogP contribution is -2.32. The van der Waals surface area contributed by atoms with Crippen molar-refractivity contribution in [3.63, 3.8) is 0 Å². The molecule has 0 aromatic heterocycles. The van der Waals surface area contributed by atoms with Gasteiger partial charge in [-0.25, -0.2) is 0 Å². The largest absolute Gasteiger partial charge is 0.487 e. The van der Waals surface area contributed by atoms with Crippen molar-refractivity contribution in [2.75, 3.05) is 0 Å². The van der Waals surface area contributed by atoms with E-state index in [-0.39, 0.29) is 24.0 Å². The van der Waals surface area contributed by atoms with E-state index in [1.165, 1.54) is 6.07 Å². The predicted octanol–water partition coefficient (Wildman–Crippen LogP) is 2.45. The van der Waals surface area contributed by atoms with Crippen LogP contribution in [0, 0.1) is 16.0 Å². The third kappa shape index (κ3) is 1.58. The number of benzene rings is 1. The summed E-state index contributed by atoms with van der Waals surface area (Å²) in [5.41, 5.74) is 0.894. The molecular formula is C12H13NO4. The van der Waals surface area contributed by atoms with Crippen molar-refractivity contribution in [3.8, 4) is 5.75 Å². The van der Waals surface area contributed by atoms with Gasteiger partial charge in [-0.1, -0.05) is 13.8 Å². The SMILES string of the molecule is CC(C)[C@@H]1Oc2ccc([N+](=O)[O-])cc2[C@@H]2O[C@@H]21. The smallest absolute Gasteiger partial charge is 0.270 e. The number of epoxide rings is 1. The van der Waals surface area contributed by atoms with Gasteiger partial charge >= 0.3 is 0 Å². The zero-order valence-electron chi connectivity index (χ0n) is 9.62. The highest BCUT2D eigenvalue weighted by Crippen LogP contribution is 2.51. The van der Waals surface area contributed by atoms with Crippen LogP contribution in [-0.2, 0) is 4.74 Å². The monoisotopic (exact) mass is 235 g/mol. The van der Waals surface area contributed by atoms with E-state index < -0.39 is 4.92 Å². The first kappa shape index (κ1) is 10.5. The zero-order chi connectivity index (χ0) is 12.2. The number of nitro benzene ring substituents is 1. The molecular weight excluding hydrogens is 222 g/mol. The van der Waals surface area contributed by atoms with Crippen molar-refractivity contribution in [2.45, 2.75) is 32.2 Å². The van der Waals surface area contributed by atoms with Gasteiger partial charge < -0.3 is 9.47 Å². The normalized spacial score (nSPS) is 29.2. The number of non-ortho nitro benzene ring substituents is 1. The fourth-order valence-electron chi connectivity index (χ4n) is 2.33. The summed E-state index contributed by atoms with van der Waals surface area (Å²) in [7, 11) is 0. The Morgan fingerprint density at radius 2 is 2.18 bits per heavy atom. The maximum absolute atomic E-state index is 10.7. The molecule has 17 heavy (non-hydrogen) atoms.